The Morgan fingerprint density at radius 3 is 2.33 bits per heavy atom. The van der Waals surface area contributed by atoms with Crippen LogP contribution in [0.2, 0.25) is 0 Å². The summed E-state index contributed by atoms with van der Waals surface area (Å²) in [5.74, 6) is 0.841. The Bertz CT molecular complexity index is 248. The zero-order chi connectivity index (χ0) is 11.1. The number of amides is 1. The predicted molar refractivity (Wildman–Crippen MR) is 60.6 cm³/mol. The lowest BCUT2D eigenvalue weighted by Crippen LogP contribution is -2.72. The molecule has 1 amide bonds. The fourth-order valence-electron chi connectivity index (χ4n) is 2.74. The smallest absolute Gasteiger partial charge is 0.222 e. The van der Waals surface area contributed by atoms with Crippen LogP contribution in [0.15, 0.2) is 0 Å². The van der Waals surface area contributed by atoms with Gasteiger partial charge in [0.2, 0.25) is 5.91 Å². The van der Waals surface area contributed by atoms with Gasteiger partial charge in [0.15, 0.2) is 0 Å². The van der Waals surface area contributed by atoms with Crippen molar-refractivity contribution < 1.29 is 4.79 Å². The van der Waals surface area contributed by atoms with Gasteiger partial charge in [-0.3, -0.25) is 4.79 Å². The summed E-state index contributed by atoms with van der Waals surface area (Å²) in [5.41, 5.74) is 0.489. The summed E-state index contributed by atoms with van der Waals surface area (Å²) in [4.78, 5) is 16.2. The number of likely N-dealkylation sites (tertiary alicyclic amines) is 2. The molecule has 0 unspecified atom stereocenters. The number of carbonyl (C=O) groups excluding carboxylic acids is 1. The molecule has 0 aromatic heterocycles. The maximum absolute atomic E-state index is 11.7. The zero-order valence-corrected chi connectivity index (χ0v) is 10.1. The molecule has 2 heterocycles. The molecule has 0 aromatic carbocycles. The SMILES string of the molecule is CCN1CC2(C1)CN(C(=O)CC(C)C)C2. The first-order chi connectivity index (χ1) is 7.04. The van der Waals surface area contributed by atoms with E-state index >= 15 is 0 Å². The van der Waals surface area contributed by atoms with E-state index in [1.165, 1.54) is 13.1 Å². The van der Waals surface area contributed by atoms with Gasteiger partial charge in [-0.05, 0) is 12.5 Å². The third kappa shape index (κ3) is 2.03. The van der Waals surface area contributed by atoms with Crippen molar-refractivity contribution in [1.29, 1.82) is 0 Å². The van der Waals surface area contributed by atoms with Crippen molar-refractivity contribution in [2.45, 2.75) is 27.2 Å². The van der Waals surface area contributed by atoms with Gasteiger partial charge in [0, 0.05) is 38.0 Å². The number of nitrogens with zero attached hydrogens (tertiary/aromatic N) is 2. The molecule has 3 heteroatoms. The van der Waals surface area contributed by atoms with Crippen molar-refractivity contribution in [3.63, 3.8) is 0 Å². The molecule has 0 radical (unpaired) electrons. The van der Waals surface area contributed by atoms with Crippen LogP contribution in [0.5, 0.6) is 0 Å². The van der Waals surface area contributed by atoms with Gasteiger partial charge in [-0.1, -0.05) is 20.8 Å². The van der Waals surface area contributed by atoms with Crippen LogP contribution in [-0.4, -0.2) is 48.4 Å². The molecule has 2 saturated heterocycles. The molecule has 3 nitrogen and oxygen atoms in total. The van der Waals surface area contributed by atoms with Crippen LogP contribution in [0.3, 0.4) is 0 Å². The summed E-state index contributed by atoms with van der Waals surface area (Å²) in [6.45, 7) is 12.0. The van der Waals surface area contributed by atoms with Crippen molar-refractivity contribution in [1.82, 2.24) is 9.80 Å². The lowest BCUT2D eigenvalue weighted by Gasteiger charge is -2.60. The number of hydrogen-bond donors (Lipinski definition) is 0. The van der Waals surface area contributed by atoms with Gasteiger partial charge in [-0.15, -0.1) is 0 Å². The molecule has 2 aliphatic heterocycles. The van der Waals surface area contributed by atoms with E-state index in [0.717, 1.165) is 19.6 Å². The summed E-state index contributed by atoms with van der Waals surface area (Å²) in [7, 11) is 0. The van der Waals surface area contributed by atoms with E-state index in [2.05, 4.69) is 25.7 Å². The van der Waals surface area contributed by atoms with Crippen molar-refractivity contribution in [3.05, 3.63) is 0 Å². The number of rotatable bonds is 3. The van der Waals surface area contributed by atoms with Crippen LogP contribution >= 0.6 is 0 Å². The van der Waals surface area contributed by atoms with Crippen LogP contribution in [0.1, 0.15) is 27.2 Å². The highest BCUT2D eigenvalue weighted by molar-refractivity contribution is 5.77. The number of carbonyl (C=O) groups is 1. The van der Waals surface area contributed by atoms with Crippen LogP contribution in [-0.2, 0) is 4.79 Å². The van der Waals surface area contributed by atoms with Crippen LogP contribution in [0.25, 0.3) is 0 Å². The molecule has 1 spiro atoms. The molecule has 0 bridgehead atoms. The Morgan fingerprint density at radius 1 is 1.27 bits per heavy atom. The van der Waals surface area contributed by atoms with E-state index in [1.54, 1.807) is 0 Å². The van der Waals surface area contributed by atoms with Crippen LogP contribution in [0.4, 0.5) is 0 Å². The van der Waals surface area contributed by atoms with E-state index in [-0.39, 0.29) is 0 Å². The average molecular weight is 210 g/mol. The fraction of sp³-hybridized carbons (Fsp3) is 0.917. The Morgan fingerprint density at radius 2 is 1.87 bits per heavy atom. The van der Waals surface area contributed by atoms with Gasteiger partial charge in [0.1, 0.15) is 0 Å². The van der Waals surface area contributed by atoms with Crippen LogP contribution < -0.4 is 0 Å². The molecule has 15 heavy (non-hydrogen) atoms. The molecular formula is C12H22N2O. The molecule has 0 saturated carbocycles. The van der Waals surface area contributed by atoms with Crippen molar-refractivity contribution in [2.75, 3.05) is 32.7 Å². The second-order valence-electron chi connectivity index (χ2n) is 5.65. The van der Waals surface area contributed by atoms with E-state index in [4.69, 9.17) is 0 Å². The summed E-state index contributed by atoms with van der Waals surface area (Å²) < 4.78 is 0. The second kappa shape index (κ2) is 3.78. The molecule has 2 rings (SSSR count). The molecule has 86 valence electrons. The lowest BCUT2D eigenvalue weighted by molar-refractivity contribution is -0.159. The Kier molecular flexibility index (Phi) is 2.75. The predicted octanol–water partition coefficient (Wildman–Crippen LogP) is 1.20. The van der Waals surface area contributed by atoms with Crippen molar-refractivity contribution in [3.8, 4) is 0 Å². The summed E-state index contributed by atoms with van der Waals surface area (Å²) in [5, 5.41) is 0. The first kappa shape index (κ1) is 10.9. The Balaban J connectivity index is 1.72. The highest BCUT2D eigenvalue weighted by atomic mass is 16.2. The second-order valence-corrected chi connectivity index (χ2v) is 5.65. The van der Waals surface area contributed by atoms with E-state index in [9.17, 15) is 4.79 Å². The summed E-state index contributed by atoms with van der Waals surface area (Å²) >= 11 is 0. The van der Waals surface area contributed by atoms with Gasteiger partial charge >= 0.3 is 0 Å². The normalized spacial score (nSPS) is 24.1. The third-order valence-corrected chi connectivity index (χ3v) is 3.55. The Labute approximate surface area is 92.4 Å². The van der Waals surface area contributed by atoms with Gasteiger partial charge in [-0.2, -0.15) is 0 Å². The molecular weight excluding hydrogens is 188 g/mol. The monoisotopic (exact) mass is 210 g/mol. The van der Waals surface area contributed by atoms with Gasteiger partial charge in [0.05, 0.1) is 0 Å². The standard InChI is InChI=1S/C12H22N2O/c1-4-13-6-12(7-13)8-14(9-12)11(15)5-10(2)3/h10H,4-9H2,1-3H3. The third-order valence-electron chi connectivity index (χ3n) is 3.55. The van der Waals surface area contributed by atoms with Crippen molar-refractivity contribution >= 4 is 5.91 Å². The van der Waals surface area contributed by atoms with Gasteiger partial charge in [0.25, 0.3) is 0 Å². The maximum atomic E-state index is 11.7. The van der Waals surface area contributed by atoms with Gasteiger partial charge in [-0.25, -0.2) is 0 Å². The largest absolute Gasteiger partial charge is 0.341 e. The topological polar surface area (TPSA) is 23.6 Å². The van der Waals surface area contributed by atoms with Crippen LogP contribution in [0, 0.1) is 11.3 Å². The average Bonchev–Trinajstić information content (AvgIpc) is 1.97. The molecule has 0 atom stereocenters. The van der Waals surface area contributed by atoms with E-state index < -0.39 is 0 Å². The maximum Gasteiger partial charge on any atom is 0.222 e. The van der Waals surface area contributed by atoms with E-state index in [0.29, 0.717) is 23.7 Å². The summed E-state index contributed by atoms with van der Waals surface area (Å²) in [6, 6.07) is 0. The quantitative estimate of drug-likeness (QED) is 0.699. The molecule has 0 aromatic rings. The number of hydrogen-bond acceptors (Lipinski definition) is 2. The minimum atomic E-state index is 0.352. The summed E-state index contributed by atoms with van der Waals surface area (Å²) in [6.07, 6.45) is 0.716. The first-order valence-electron chi connectivity index (χ1n) is 6.05. The first-order valence-corrected chi connectivity index (χ1v) is 6.05. The fourth-order valence-corrected chi connectivity index (χ4v) is 2.74. The lowest BCUT2D eigenvalue weighted by atomic mass is 9.72. The molecule has 2 fully saturated rings. The Hall–Kier alpha value is -0.570. The zero-order valence-electron chi connectivity index (χ0n) is 10.1. The molecule has 0 aliphatic carbocycles. The minimum absolute atomic E-state index is 0.352. The molecule has 2 aliphatic rings. The van der Waals surface area contributed by atoms with Crippen molar-refractivity contribution in [2.24, 2.45) is 11.3 Å². The highest BCUT2D eigenvalue weighted by Crippen LogP contribution is 2.39. The minimum Gasteiger partial charge on any atom is -0.341 e. The highest BCUT2D eigenvalue weighted by Gasteiger charge is 2.52. The van der Waals surface area contributed by atoms with Gasteiger partial charge < -0.3 is 9.80 Å². The van der Waals surface area contributed by atoms with E-state index in [1.807, 2.05) is 4.90 Å². The molecule has 0 N–H and O–H groups in total.